The van der Waals surface area contributed by atoms with Crippen molar-refractivity contribution in [2.24, 2.45) is 5.92 Å². The first-order valence-corrected chi connectivity index (χ1v) is 7.61. The summed E-state index contributed by atoms with van der Waals surface area (Å²) in [7, 11) is 0. The molecule has 1 N–H and O–H groups in total. The van der Waals surface area contributed by atoms with E-state index in [1.807, 2.05) is 6.20 Å². The van der Waals surface area contributed by atoms with Crippen molar-refractivity contribution in [1.29, 1.82) is 0 Å². The molecule has 0 aromatic carbocycles. The Labute approximate surface area is 111 Å². The average molecular weight is 249 g/mol. The number of aryl methyl sites for hydroxylation is 1. The molecule has 0 spiro atoms. The third kappa shape index (κ3) is 3.14. The van der Waals surface area contributed by atoms with E-state index in [0.717, 1.165) is 19.0 Å². The molecule has 1 aromatic rings. The lowest BCUT2D eigenvalue weighted by Crippen LogP contribution is -2.30. The number of hydrogen-bond donors (Lipinski definition) is 1. The van der Waals surface area contributed by atoms with Gasteiger partial charge in [-0.3, -0.25) is 4.68 Å². The molecule has 1 aliphatic carbocycles. The number of aromatic nitrogens is 2. The van der Waals surface area contributed by atoms with Crippen molar-refractivity contribution in [2.75, 3.05) is 6.54 Å². The van der Waals surface area contributed by atoms with Crippen molar-refractivity contribution >= 4 is 0 Å². The van der Waals surface area contributed by atoms with Crippen molar-refractivity contribution in [3.8, 4) is 0 Å². The van der Waals surface area contributed by atoms with Crippen molar-refractivity contribution < 1.29 is 0 Å². The second kappa shape index (κ2) is 6.93. The molecule has 0 amide bonds. The summed E-state index contributed by atoms with van der Waals surface area (Å²) < 4.78 is 2.15. The zero-order valence-corrected chi connectivity index (χ0v) is 11.9. The van der Waals surface area contributed by atoms with Crippen molar-refractivity contribution in [3.63, 3.8) is 0 Å². The third-order valence-corrected chi connectivity index (χ3v) is 4.16. The topological polar surface area (TPSA) is 29.9 Å². The molecular formula is C15H27N3. The van der Waals surface area contributed by atoms with E-state index in [-0.39, 0.29) is 0 Å². The molecule has 2 rings (SSSR count). The minimum Gasteiger partial charge on any atom is -0.309 e. The molecule has 1 aromatic heterocycles. The normalized spacial score (nSPS) is 19.7. The van der Waals surface area contributed by atoms with E-state index in [1.165, 1.54) is 44.2 Å². The molecule has 1 aliphatic rings. The van der Waals surface area contributed by atoms with Gasteiger partial charge in [0, 0.05) is 12.7 Å². The lowest BCUT2D eigenvalue weighted by Gasteiger charge is -2.27. The summed E-state index contributed by atoms with van der Waals surface area (Å²) >= 11 is 0. The van der Waals surface area contributed by atoms with Crippen molar-refractivity contribution in [2.45, 2.75) is 65.0 Å². The molecule has 0 bridgehead atoms. The molecule has 1 fully saturated rings. The highest BCUT2D eigenvalue weighted by Gasteiger charge is 2.25. The lowest BCUT2D eigenvalue weighted by molar-refractivity contribution is 0.313. The molecule has 102 valence electrons. The van der Waals surface area contributed by atoms with E-state index >= 15 is 0 Å². The molecule has 1 heterocycles. The smallest absolute Gasteiger partial charge is 0.0556 e. The van der Waals surface area contributed by atoms with Gasteiger partial charge in [-0.25, -0.2) is 0 Å². The van der Waals surface area contributed by atoms with Crippen LogP contribution < -0.4 is 5.32 Å². The maximum Gasteiger partial charge on any atom is 0.0556 e. The van der Waals surface area contributed by atoms with E-state index in [4.69, 9.17) is 0 Å². The van der Waals surface area contributed by atoms with Crippen molar-refractivity contribution in [3.05, 3.63) is 18.0 Å². The number of rotatable bonds is 5. The van der Waals surface area contributed by atoms with Crippen LogP contribution in [0.3, 0.4) is 0 Å². The van der Waals surface area contributed by atoms with Gasteiger partial charge in [-0.2, -0.15) is 5.10 Å². The number of nitrogens with zero attached hydrogens (tertiary/aromatic N) is 2. The first kappa shape index (κ1) is 13.6. The molecule has 1 atom stereocenters. The van der Waals surface area contributed by atoms with Gasteiger partial charge in [0.05, 0.1) is 11.7 Å². The van der Waals surface area contributed by atoms with Gasteiger partial charge in [-0.15, -0.1) is 0 Å². The molecule has 0 aliphatic heterocycles. The van der Waals surface area contributed by atoms with Crippen LogP contribution in [0.25, 0.3) is 0 Å². The maximum absolute atomic E-state index is 4.43. The second-order valence-electron chi connectivity index (χ2n) is 5.36. The van der Waals surface area contributed by atoms with Crippen LogP contribution in [-0.4, -0.2) is 16.3 Å². The maximum atomic E-state index is 4.43. The standard InChI is InChI=1S/C15H27N3/c1-3-16-15(13-9-7-5-6-8-10-13)14-11-12-17-18(14)4-2/h11-13,15-16H,3-10H2,1-2H3. The highest BCUT2D eigenvalue weighted by Crippen LogP contribution is 2.33. The lowest BCUT2D eigenvalue weighted by atomic mass is 9.89. The van der Waals surface area contributed by atoms with Gasteiger partial charge in [-0.05, 0) is 38.3 Å². The van der Waals surface area contributed by atoms with Crippen LogP contribution in [0.5, 0.6) is 0 Å². The predicted octanol–water partition coefficient (Wildman–Crippen LogP) is 3.52. The van der Waals surface area contributed by atoms with Crippen LogP contribution in [0.15, 0.2) is 12.3 Å². The van der Waals surface area contributed by atoms with Crippen molar-refractivity contribution in [1.82, 2.24) is 15.1 Å². The van der Waals surface area contributed by atoms with Crippen LogP contribution in [0.2, 0.25) is 0 Å². The molecule has 3 heteroatoms. The van der Waals surface area contributed by atoms with Crippen LogP contribution in [0.4, 0.5) is 0 Å². The highest BCUT2D eigenvalue weighted by molar-refractivity contribution is 5.09. The average Bonchev–Trinajstić information content (AvgIpc) is 2.69. The van der Waals surface area contributed by atoms with Crippen LogP contribution in [-0.2, 0) is 6.54 Å². The summed E-state index contributed by atoms with van der Waals surface area (Å²) in [5, 5.41) is 8.13. The van der Waals surface area contributed by atoms with E-state index in [2.05, 4.69) is 35.0 Å². The number of hydrogen-bond acceptors (Lipinski definition) is 2. The first-order valence-electron chi connectivity index (χ1n) is 7.61. The molecular weight excluding hydrogens is 222 g/mol. The van der Waals surface area contributed by atoms with E-state index < -0.39 is 0 Å². The molecule has 3 nitrogen and oxygen atoms in total. The minimum absolute atomic E-state index is 0.496. The highest BCUT2D eigenvalue weighted by atomic mass is 15.3. The molecule has 18 heavy (non-hydrogen) atoms. The van der Waals surface area contributed by atoms with Gasteiger partial charge in [-0.1, -0.05) is 32.6 Å². The molecule has 1 unspecified atom stereocenters. The molecule has 0 radical (unpaired) electrons. The summed E-state index contributed by atoms with van der Waals surface area (Å²) in [6.07, 6.45) is 10.3. The van der Waals surface area contributed by atoms with Crippen LogP contribution in [0.1, 0.15) is 64.1 Å². The largest absolute Gasteiger partial charge is 0.309 e. The summed E-state index contributed by atoms with van der Waals surface area (Å²) in [6, 6.07) is 2.69. The third-order valence-electron chi connectivity index (χ3n) is 4.16. The van der Waals surface area contributed by atoms with Gasteiger partial charge in [0.1, 0.15) is 0 Å². The summed E-state index contributed by atoms with van der Waals surface area (Å²) in [5.74, 6) is 0.787. The van der Waals surface area contributed by atoms with Crippen LogP contribution >= 0.6 is 0 Å². The van der Waals surface area contributed by atoms with Gasteiger partial charge < -0.3 is 5.32 Å². The van der Waals surface area contributed by atoms with Crippen LogP contribution in [0, 0.1) is 5.92 Å². The van der Waals surface area contributed by atoms with Gasteiger partial charge >= 0.3 is 0 Å². The summed E-state index contributed by atoms with van der Waals surface area (Å²) in [5.41, 5.74) is 1.38. The van der Waals surface area contributed by atoms with Gasteiger partial charge in [0.25, 0.3) is 0 Å². The SMILES string of the molecule is CCNC(c1ccnn1CC)C1CCCCCC1. The van der Waals surface area contributed by atoms with Gasteiger partial charge in [0.15, 0.2) is 0 Å². The Kier molecular flexibility index (Phi) is 5.24. The fraction of sp³-hybridized carbons (Fsp3) is 0.800. The Morgan fingerprint density at radius 1 is 1.28 bits per heavy atom. The first-order chi connectivity index (χ1) is 8.86. The van der Waals surface area contributed by atoms with Gasteiger partial charge in [0.2, 0.25) is 0 Å². The number of nitrogens with one attached hydrogen (secondary N) is 1. The Bertz CT molecular complexity index is 337. The molecule has 0 saturated heterocycles. The summed E-state index contributed by atoms with van der Waals surface area (Å²) in [6.45, 7) is 6.38. The Balaban J connectivity index is 2.15. The molecule has 1 saturated carbocycles. The Morgan fingerprint density at radius 3 is 2.61 bits per heavy atom. The Hall–Kier alpha value is -0.830. The van der Waals surface area contributed by atoms with E-state index in [9.17, 15) is 0 Å². The fourth-order valence-corrected chi connectivity index (χ4v) is 3.25. The minimum atomic E-state index is 0.496. The zero-order valence-electron chi connectivity index (χ0n) is 11.9. The Morgan fingerprint density at radius 2 is 2.00 bits per heavy atom. The monoisotopic (exact) mass is 249 g/mol. The predicted molar refractivity (Wildman–Crippen MR) is 75.5 cm³/mol. The fourth-order valence-electron chi connectivity index (χ4n) is 3.25. The summed E-state index contributed by atoms with van der Waals surface area (Å²) in [4.78, 5) is 0. The second-order valence-corrected chi connectivity index (χ2v) is 5.36. The quantitative estimate of drug-likeness (QED) is 0.809. The zero-order chi connectivity index (χ0) is 12.8. The van der Waals surface area contributed by atoms with E-state index in [0.29, 0.717) is 6.04 Å². The van der Waals surface area contributed by atoms with E-state index in [1.54, 1.807) is 0 Å².